The second kappa shape index (κ2) is 10.0. The van der Waals surface area contributed by atoms with Gasteiger partial charge < -0.3 is 10.0 Å². The number of halogens is 4. The number of carbonyl (C=O) groups excluding carboxylic acids is 1. The van der Waals surface area contributed by atoms with Crippen LogP contribution < -0.4 is 0 Å². The van der Waals surface area contributed by atoms with E-state index in [0.29, 0.717) is 48.0 Å². The molecule has 2 aromatic carbocycles. The zero-order valence-electron chi connectivity index (χ0n) is 20.5. The van der Waals surface area contributed by atoms with E-state index in [1.165, 1.54) is 13.0 Å². The smallest absolute Gasteiger partial charge is 0.380 e. The van der Waals surface area contributed by atoms with Crippen molar-refractivity contribution in [3.63, 3.8) is 0 Å². The lowest BCUT2D eigenvalue weighted by Crippen LogP contribution is -2.45. The van der Waals surface area contributed by atoms with Crippen LogP contribution in [0, 0.1) is 5.92 Å². The Kier molecular flexibility index (Phi) is 6.88. The number of fused-ring (bicyclic) bond motifs is 1. The Balaban J connectivity index is 1.70. The molecule has 1 fully saturated rings. The number of hydrogen-bond acceptors (Lipinski definition) is 4. The van der Waals surface area contributed by atoms with E-state index in [1.807, 2.05) is 0 Å². The summed E-state index contributed by atoms with van der Waals surface area (Å²) in [6.45, 7) is 2.50. The summed E-state index contributed by atoms with van der Waals surface area (Å²) in [5.74, 6) is -0.291. The van der Waals surface area contributed by atoms with Gasteiger partial charge in [0.25, 0.3) is 0 Å². The number of piperidine rings is 1. The standard InChI is InChI=1S/C29H25ClF3N3O2/c1-18(37)36-14-11-20(12-15-36)28(38,22-8-5-13-34-17-22)21-9-10-24-23(16-21)26(30)25(19-6-3-2-4-7-19)27(35-24)29(31,32)33/h2-10,13,16-17,20,38H,11-12,14-15H2,1H3. The third kappa shape index (κ3) is 4.63. The van der Waals surface area contributed by atoms with Crippen LogP contribution in [0.3, 0.4) is 0 Å². The van der Waals surface area contributed by atoms with Crippen LogP contribution in [0.15, 0.2) is 73.1 Å². The molecule has 0 bridgehead atoms. The molecule has 1 unspecified atom stereocenters. The van der Waals surface area contributed by atoms with E-state index in [1.54, 1.807) is 71.9 Å². The Morgan fingerprint density at radius 2 is 1.74 bits per heavy atom. The summed E-state index contributed by atoms with van der Waals surface area (Å²) in [5, 5.41) is 12.6. The number of aromatic nitrogens is 2. The molecule has 2 aromatic heterocycles. The van der Waals surface area contributed by atoms with Crippen LogP contribution >= 0.6 is 11.6 Å². The van der Waals surface area contributed by atoms with Gasteiger partial charge in [-0.1, -0.05) is 54.1 Å². The van der Waals surface area contributed by atoms with Gasteiger partial charge >= 0.3 is 6.18 Å². The molecule has 3 heterocycles. The summed E-state index contributed by atoms with van der Waals surface area (Å²) >= 11 is 6.72. The Morgan fingerprint density at radius 3 is 2.34 bits per heavy atom. The number of hydrogen-bond donors (Lipinski definition) is 1. The van der Waals surface area contributed by atoms with Crippen LogP contribution in [0.25, 0.3) is 22.0 Å². The van der Waals surface area contributed by atoms with E-state index in [0.717, 1.165) is 0 Å². The number of carbonyl (C=O) groups is 1. The first kappa shape index (κ1) is 26.1. The molecule has 1 N–H and O–H groups in total. The molecule has 38 heavy (non-hydrogen) atoms. The van der Waals surface area contributed by atoms with Gasteiger partial charge in [-0.25, -0.2) is 4.98 Å². The van der Waals surface area contributed by atoms with Crippen molar-refractivity contribution in [2.45, 2.75) is 31.5 Å². The first-order valence-electron chi connectivity index (χ1n) is 12.3. The maximum absolute atomic E-state index is 14.1. The molecular formula is C29H25ClF3N3O2. The van der Waals surface area contributed by atoms with Crippen molar-refractivity contribution in [3.8, 4) is 11.1 Å². The molecule has 0 spiro atoms. The van der Waals surface area contributed by atoms with Gasteiger partial charge in [-0.3, -0.25) is 9.78 Å². The molecule has 196 valence electrons. The Bertz CT molecular complexity index is 1470. The molecular weight excluding hydrogens is 515 g/mol. The fourth-order valence-corrected chi connectivity index (χ4v) is 5.72. The number of aliphatic hydroxyl groups is 1. The lowest BCUT2D eigenvalue weighted by molar-refractivity contribution is -0.140. The zero-order valence-corrected chi connectivity index (χ0v) is 21.3. The minimum Gasteiger partial charge on any atom is -0.380 e. The highest BCUT2D eigenvalue weighted by Gasteiger charge is 2.43. The summed E-state index contributed by atoms with van der Waals surface area (Å²) < 4.78 is 42.2. The highest BCUT2D eigenvalue weighted by molar-refractivity contribution is 6.38. The minimum atomic E-state index is -4.72. The van der Waals surface area contributed by atoms with Crippen LogP contribution in [0.2, 0.25) is 5.02 Å². The maximum atomic E-state index is 14.1. The fraction of sp³-hybridized carbons (Fsp3) is 0.276. The molecule has 0 radical (unpaired) electrons. The van der Waals surface area contributed by atoms with Crippen molar-refractivity contribution in [1.82, 2.24) is 14.9 Å². The lowest BCUT2D eigenvalue weighted by atomic mass is 9.72. The Labute approximate surface area is 222 Å². The van der Waals surface area contributed by atoms with E-state index in [9.17, 15) is 23.1 Å². The van der Waals surface area contributed by atoms with Crippen molar-refractivity contribution in [2.75, 3.05) is 13.1 Å². The summed E-state index contributed by atoms with van der Waals surface area (Å²) in [5.41, 5.74) is -1.38. The molecule has 1 amide bonds. The molecule has 1 atom stereocenters. The zero-order chi connectivity index (χ0) is 27.1. The van der Waals surface area contributed by atoms with Gasteiger partial charge in [0.15, 0.2) is 5.69 Å². The first-order valence-corrected chi connectivity index (χ1v) is 12.6. The van der Waals surface area contributed by atoms with Crippen molar-refractivity contribution in [3.05, 3.63) is 94.9 Å². The van der Waals surface area contributed by atoms with Gasteiger partial charge in [-0.15, -0.1) is 0 Å². The SMILES string of the molecule is CC(=O)N1CCC(C(O)(c2cccnc2)c2ccc3nc(C(F)(F)F)c(-c4ccccc4)c(Cl)c3c2)CC1. The fourth-order valence-electron chi connectivity index (χ4n) is 5.37. The maximum Gasteiger partial charge on any atom is 0.434 e. The van der Waals surface area contributed by atoms with Gasteiger partial charge in [0.2, 0.25) is 5.91 Å². The Hall–Kier alpha value is -3.49. The summed E-state index contributed by atoms with van der Waals surface area (Å²) in [6, 6.07) is 16.3. The summed E-state index contributed by atoms with van der Waals surface area (Å²) in [7, 11) is 0. The number of nitrogens with zero attached hydrogens (tertiary/aromatic N) is 3. The van der Waals surface area contributed by atoms with E-state index in [-0.39, 0.29) is 27.9 Å². The Morgan fingerprint density at radius 1 is 1.03 bits per heavy atom. The molecule has 0 saturated carbocycles. The third-order valence-corrected chi connectivity index (χ3v) is 7.72. The topological polar surface area (TPSA) is 66.3 Å². The molecule has 1 saturated heterocycles. The molecule has 5 rings (SSSR count). The van der Waals surface area contributed by atoms with Gasteiger partial charge in [0.05, 0.1) is 10.5 Å². The molecule has 1 aliphatic rings. The van der Waals surface area contributed by atoms with Crippen LogP contribution in [-0.4, -0.2) is 39.0 Å². The normalized spacial score (nSPS) is 16.4. The van der Waals surface area contributed by atoms with Crippen molar-refractivity contribution >= 4 is 28.4 Å². The monoisotopic (exact) mass is 539 g/mol. The number of likely N-dealkylation sites (tertiary alicyclic amines) is 1. The van der Waals surface area contributed by atoms with Crippen LogP contribution in [0.4, 0.5) is 13.2 Å². The second-order valence-corrected chi connectivity index (χ2v) is 9.91. The molecule has 0 aliphatic carbocycles. The predicted molar refractivity (Wildman–Crippen MR) is 139 cm³/mol. The van der Waals surface area contributed by atoms with Crippen LogP contribution in [-0.2, 0) is 16.6 Å². The van der Waals surface area contributed by atoms with E-state index >= 15 is 0 Å². The third-order valence-electron chi connectivity index (χ3n) is 7.33. The van der Waals surface area contributed by atoms with Crippen molar-refractivity contribution < 1.29 is 23.1 Å². The van der Waals surface area contributed by atoms with E-state index in [2.05, 4.69) is 9.97 Å². The summed E-state index contributed by atoms with van der Waals surface area (Å²) in [4.78, 5) is 21.8. The molecule has 5 nitrogen and oxygen atoms in total. The van der Waals surface area contributed by atoms with Gasteiger partial charge in [-0.05, 0) is 48.1 Å². The largest absolute Gasteiger partial charge is 0.434 e. The first-order chi connectivity index (χ1) is 18.1. The average Bonchev–Trinajstić information content (AvgIpc) is 2.93. The minimum absolute atomic E-state index is 0.0224. The highest BCUT2D eigenvalue weighted by Crippen LogP contribution is 2.46. The van der Waals surface area contributed by atoms with Crippen molar-refractivity contribution in [2.24, 2.45) is 5.92 Å². The number of alkyl halides is 3. The van der Waals surface area contributed by atoms with Gasteiger partial charge in [-0.2, -0.15) is 13.2 Å². The average molecular weight is 540 g/mol. The number of pyridine rings is 2. The van der Waals surface area contributed by atoms with E-state index < -0.39 is 17.5 Å². The highest BCUT2D eigenvalue weighted by atomic mass is 35.5. The van der Waals surface area contributed by atoms with Gasteiger partial charge in [0.1, 0.15) is 5.60 Å². The second-order valence-electron chi connectivity index (χ2n) is 9.53. The van der Waals surface area contributed by atoms with Crippen molar-refractivity contribution in [1.29, 1.82) is 0 Å². The molecule has 4 aromatic rings. The lowest BCUT2D eigenvalue weighted by Gasteiger charge is -2.42. The van der Waals surface area contributed by atoms with E-state index in [4.69, 9.17) is 11.6 Å². The van der Waals surface area contributed by atoms with Crippen LogP contribution in [0.1, 0.15) is 36.6 Å². The quantitative estimate of drug-likeness (QED) is 0.323. The molecule has 9 heteroatoms. The summed E-state index contributed by atoms with van der Waals surface area (Å²) in [6.07, 6.45) is -0.449. The number of rotatable bonds is 4. The predicted octanol–water partition coefficient (Wildman–Crippen LogP) is 6.46. The molecule has 1 aliphatic heterocycles. The number of benzene rings is 2. The van der Waals surface area contributed by atoms with Gasteiger partial charge in [0, 0.05) is 48.9 Å². The number of amides is 1. The van der Waals surface area contributed by atoms with Crippen LogP contribution in [0.5, 0.6) is 0 Å².